The second-order valence-electron chi connectivity index (χ2n) is 4.59. The first kappa shape index (κ1) is 18.0. The zero-order chi connectivity index (χ0) is 17.2. The summed E-state index contributed by atoms with van der Waals surface area (Å²) in [5, 5.41) is 7.54. The molecule has 0 bridgehead atoms. The molecule has 0 aromatic heterocycles. The monoisotopic (exact) mass is 312 g/mol. The number of rotatable bonds is 6. The number of benzene rings is 1. The standard InChI is InChI=1S/C17H20N4O2/c1-4-20-16(12(2)13(3)18)21-10-15(19)17(22)23-11-14-8-6-5-7-9-14/h4-10,18H,2,11,19H2,1,3H3/b15-10-,18-13?,20-4?,21-16?. The van der Waals surface area contributed by atoms with Crippen LogP contribution in [0.15, 0.2) is 64.4 Å². The van der Waals surface area contributed by atoms with Gasteiger partial charge in [0.1, 0.15) is 12.3 Å². The number of hydrogen-bond donors (Lipinski definition) is 2. The predicted octanol–water partition coefficient (Wildman–Crippen LogP) is 2.61. The minimum absolute atomic E-state index is 0.129. The molecule has 1 rings (SSSR count). The molecule has 3 N–H and O–H groups in total. The van der Waals surface area contributed by atoms with E-state index >= 15 is 0 Å². The summed E-state index contributed by atoms with van der Waals surface area (Å²) in [7, 11) is 0. The maximum absolute atomic E-state index is 11.8. The Kier molecular flexibility index (Phi) is 7.13. The van der Waals surface area contributed by atoms with Gasteiger partial charge in [-0.15, -0.1) is 0 Å². The van der Waals surface area contributed by atoms with E-state index in [0.29, 0.717) is 5.57 Å². The van der Waals surface area contributed by atoms with E-state index in [2.05, 4.69) is 16.6 Å². The van der Waals surface area contributed by atoms with Gasteiger partial charge in [-0.3, -0.25) is 0 Å². The molecule has 0 spiro atoms. The zero-order valence-electron chi connectivity index (χ0n) is 13.2. The van der Waals surface area contributed by atoms with E-state index in [-0.39, 0.29) is 23.9 Å². The summed E-state index contributed by atoms with van der Waals surface area (Å²) in [6.07, 6.45) is 2.68. The summed E-state index contributed by atoms with van der Waals surface area (Å²) < 4.78 is 5.09. The van der Waals surface area contributed by atoms with Gasteiger partial charge in [-0.05, 0) is 19.4 Å². The molecule has 23 heavy (non-hydrogen) atoms. The van der Waals surface area contributed by atoms with Crippen molar-refractivity contribution in [1.29, 1.82) is 5.41 Å². The maximum atomic E-state index is 11.8. The molecular weight excluding hydrogens is 292 g/mol. The van der Waals surface area contributed by atoms with E-state index < -0.39 is 5.97 Å². The van der Waals surface area contributed by atoms with Crippen molar-refractivity contribution in [2.75, 3.05) is 0 Å². The van der Waals surface area contributed by atoms with Gasteiger partial charge in [-0.1, -0.05) is 36.9 Å². The van der Waals surface area contributed by atoms with Crippen LogP contribution in [-0.2, 0) is 16.1 Å². The lowest BCUT2D eigenvalue weighted by Gasteiger charge is -2.05. The SMILES string of the molecule is C=C(C(C)=N)C(N=CC)=N/C=C(\N)C(=O)OCc1ccccc1. The fourth-order valence-corrected chi connectivity index (χ4v) is 1.47. The van der Waals surface area contributed by atoms with Gasteiger partial charge >= 0.3 is 5.97 Å². The second kappa shape index (κ2) is 9.09. The van der Waals surface area contributed by atoms with E-state index in [1.165, 1.54) is 6.21 Å². The van der Waals surface area contributed by atoms with Crippen LogP contribution in [0.2, 0.25) is 0 Å². The van der Waals surface area contributed by atoms with Crippen LogP contribution in [0.4, 0.5) is 0 Å². The molecule has 0 aliphatic heterocycles. The third-order valence-electron chi connectivity index (χ3n) is 2.75. The molecule has 0 atom stereocenters. The average molecular weight is 312 g/mol. The number of nitrogens with one attached hydrogen (secondary N) is 1. The Morgan fingerprint density at radius 2 is 2.04 bits per heavy atom. The lowest BCUT2D eigenvalue weighted by Crippen LogP contribution is -2.15. The normalized spacial score (nSPS) is 12.3. The van der Waals surface area contributed by atoms with E-state index in [0.717, 1.165) is 11.8 Å². The van der Waals surface area contributed by atoms with Gasteiger partial charge < -0.3 is 15.9 Å². The highest BCUT2D eigenvalue weighted by molar-refractivity contribution is 6.22. The second-order valence-corrected chi connectivity index (χ2v) is 4.59. The summed E-state index contributed by atoms with van der Waals surface area (Å²) in [6, 6.07) is 9.27. The van der Waals surface area contributed by atoms with Crippen molar-refractivity contribution in [2.45, 2.75) is 20.5 Å². The van der Waals surface area contributed by atoms with Crippen LogP contribution in [0.25, 0.3) is 0 Å². The van der Waals surface area contributed by atoms with Gasteiger partial charge in [0.15, 0.2) is 5.84 Å². The number of aliphatic imine (C=N–C) groups is 2. The number of nitrogens with zero attached hydrogens (tertiary/aromatic N) is 2. The molecule has 0 heterocycles. The van der Waals surface area contributed by atoms with Crippen LogP contribution >= 0.6 is 0 Å². The van der Waals surface area contributed by atoms with Gasteiger partial charge in [0.05, 0.1) is 6.20 Å². The Balaban J connectivity index is 2.76. The predicted molar refractivity (Wildman–Crippen MR) is 92.7 cm³/mol. The molecule has 0 radical (unpaired) electrons. The first-order valence-electron chi connectivity index (χ1n) is 6.93. The number of carbonyl (C=O) groups is 1. The van der Waals surface area contributed by atoms with Crippen LogP contribution < -0.4 is 5.73 Å². The first-order chi connectivity index (χ1) is 11.0. The molecule has 120 valence electrons. The summed E-state index contributed by atoms with van der Waals surface area (Å²) in [5.41, 5.74) is 6.94. The van der Waals surface area contributed by atoms with Crippen LogP contribution in [0.5, 0.6) is 0 Å². The van der Waals surface area contributed by atoms with E-state index in [9.17, 15) is 4.79 Å². The molecule has 0 aliphatic carbocycles. The summed E-state index contributed by atoms with van der Waals surface area (Å²) in [6.45, 7) is 7.13. The van der Waals surface area contributed by atoms with Crippen molar-refractivity contribution in [2.24, 2.45) is 15.7 Å². The van der Waals surface area contributed by atoms with Crippen LogP contribution in [0.1, 0.15) is 19.4 Å². The summed E-state index contributed by atoms with van der Waals surface area (Å²) in [4.78, 5) is 19.8. The molecule has 0 amide bonds. The molecule has 1 aromatic carbocycles. The fraction of sp³-hybridized carbons (Fsp3) is 0.176. The number of carbonyl (C=O) groups excluding carboxylic acids is 1. The zero-order valence-corrected chi connectivity index (χ0v) is 13.2. The molecule has 1 aromatic rings. The Hall–Kier alpha value is -3.02. The topological polar surface area (TPSA) is 101 Å². The van der Waals surface area contributed by atoms with Gasteiger partial charge in [-0.2, -0.15) is 0 Å². The fourth-order valence-electron chi connectivity index (χ4n) is 1.47. The number of hydrogen-bond acceptors (Lipinski definition) is 5. The van der Waals surface area contributed by atoms with E-state index in [4.69, 9.17) is 15.9 Å². The molecule has 0 saturated heterocycles. The average Bonchev–Trinajstić information content (AvgIpc) is 2.56. The first-order valence-corrected chi connectivity index (χ1v) is 6.93. The van der Waals surface area contributed by atoms with Crippen molar-refractivity contribution in [3.8, 4) is 0 Å². The molecule has 0 unspecified atom stereocenters. The van der Waals surface area contributed by atoms with Gasteiger partial charge in [0.2, 0.25) is 0 Å². The molecule has 0 aliphatic rings. The highest BCUT2D eigenvalue weighted by Gasteiger charge is 2.08. The number of esters is 1. The van der Waals surface area contributed by atoms with E-state index in [1.54, 1.807) is 13.8 Å². The number of amidine groups is 1. The minimum atomic E-state index is -0.672. The summed E-state index contributed by atoms with van der Waals surface area (Å²) >= 11 is 0. The Labute approximate surface area is 135 Å². The molecule has 6 nitrogen and oxygen atoms in total. The van der Waals surface area contributed by atoms with Crippen molar-refractivity contribution in [3.05, 3.63) is 59.9 Å². The van der Waals surface area contributed by atoms with Gasteiger partial charge in [-0.25, -0.2) is 14.8 Å². The van der Waals surface area contributed by atoms with Crippen LogP contribution in [0, 0.1) is 5.41 Å². The van der Waals surface area contributed by atoms with Crippen molar-refractivity contribution in [1.82, 2.24) is 0 Å². The molecule has 6 heteroatoms. The Morgan fingerprint density at radius 3 is 2.61 bits per heavy atom. The number of nitrogens with two attached hydrogens (primary N) is 1. The largest absolute Gasteiger partial charge is 0.456 e. The Morgan fingerprint density at radius 1 is 1.39 bits per heavy atom. The smallest absolute Gasteiger partial charge is 0.356 e. The van der Waals surface area contributed by atoms with Gasteiger partial charge in [0, 0.05) is 17.5 Å². The van der Waals surface area contributed by atoms with Crippen molar-refractivity contribution in [3.63, 3.8) is 0 Å². The minimum Gasteiger partial charge on any atom is -0.456 e. The Bertz CT molecular complexity index is 673. The highest BCUT2D eigenvalue weighted by atomic mass is 16.5. The van der Waals surface area contributed by atoms with E-state index in [1.807, 2.05) is 30.3 Å². The highest BCUT2D eigenvalue weighted by Crippen LogP contribution is 2.04. The van der Waals surface area contributed by atoms with Gasteiger partial charge in [0.25, 0.3) is 0 Å². The lowest BCUT2D eigenvalue weighted by molar-refractivity contribution is -0.140. The third kappa shape index (κ3) is 6.09. The van der Waals surface area contributed by atoms with Crippen molar-refractivity contribution >= 4 is 23.7 Å². The third-order valence-corrected chi connectivity index (χ3v) is 2.75. The molecule has 0 saturated carbocycles. The van der Waals surface area contributed by atoms with Crippen LogP contribution in [-0.4, -0.2) is 23.7 Å². The lowest BCUT2D eigenvalue weighted by atomic mass is 10.2. The molecular formula is C17H20N4O2. The number of ether oxygens (including phenoxy) is 1. The maximum Gasteiger partial charge on any atom is 0.356 e. The van der Waals surface area contributed by atoms with Crippen LogP contribution in [0.3, 0.4) is 0 Å². The van der Waals surface area contributed by atoms with Crippen molar-refractivity contribution < 1.29 is 9.53 Å². The quantitative estimate of drug-likeness (QED) is 0.365. The summed E-state index contributed by atoms with van der Waals surface area (Å²) in [5.74, 6) is -0.451. The molecule has 0 fully saturated rings.